The third kappa shape index (κ3) is 9.26. The summed E-state index contributed by atoms with van der Waals surface area (Å²) in [6.45, 7) is 8.19. The van der Waals surface area contributed by atoms with E-state index in [-0.39, 0.29) is 5.91 Å². The zero-order valence-corrected chi connectivity index (χ0v) is 12.6. The molecular weight excluding hydrogens is 222 g/mol. The molecule has 0 aliphatic rings. The summed E-state index contributed by atoms with van der Waals surface area (Å²) >= 11 is 0. The third-order valence-electron chi connectivity index (χ3n) is 3.18. The van der Waals surface area contributed by atoms with Crippen LogP contribution in [0.25, 0.3) is 0 Å². The Bertz CT molecular complexity index is 211. The summed E-state index contributed by atoms with van der Waals surface area (Å²) in [5, 5.41) is 0. The van der Waals surface area contributed by atoms with E-state index >= 15 is 0 Å². The first-order chi connectivity index (χ1) is 8.76. The van der Waals surface area contributed by atoms with E-state index in [0.29, 0.717) is 0 Å². The molecule has 0 spiro atoms. The second-order valence-electron chi connectivity index (χ2n) is 4.95. The third-order valence-corrected chi connectivity index (χ3v) is 3.18. The van der Waals surface area contributed by atoms with Gasteiger partial charge in [-0.05, 0) is 25.8 Å². The van der Waals surface area contributed by atoms with E-state index in [0.717, 1.165) is 25.9 Å². The van der Waals surface area contributed by atoms with Crippen LogP contribution in [0.3, 0.4) is 0 Å². The predicted molar refractivity (Wildman–Crippen MR) is 79.7 cm³/mol. The maximum absolute atomic E-state index is 11.9. The fourth-order valence-corrected chi connectivity index (χ4v) is 2.04. The number of rotatable bonds is 11. The van der Waals surface area contributed by atoms with Crippen molar-refractivity contribution in [2.45, 2.75) is 72.1 Å². The van der Waals surface area contributed by atoms with E-state index in [4.69, 9.17) is 0 Å². The molecule has 0 unspecified atom stereocenters. The summed E-state index contributed by atoms with van der Waals surface area (Å²) in [5.74, 6) is 0.186. The molecule has 0 bridgehead atoms. The molecular formula is C16H31NO. The van der Waals surface area contributed by atoms with Crippen LogP contribution < -0.4 is 0 Å². The molecule has 0 aliphatic carbocycles. The number of carbonyl (C=O) groups excluding carboxylic acids is 1. The fourth-order valence-electron chi connectivity index (χ4n) is 2.04. The summed E-state index contributed by atoms with van der Waals surface area (Å²) < 4.78 is 0. The SMILES string of the molecule is CC=CC(=O)N(CCCCCC)CCCCCC. The zero-order chi connectivity index (χ0) is 13.6. The molecule has 0 heterocycles. The highest BCUT2D eigenvalue weighted by Gasteiger charge is 2.09. The van der Waals surface area contributed by atoms with Crippen molar-refractivity contribution >= 4 is 5.91 Å². The van der Waals surface area contributed by atoms with Gasteiger partial charge in [0.1, 0.15) is 0 Å². The van der Waals surface area contributed by atoms with Crippen molar-refractivity contribution in [3.63, 3.8) is 0 Å². The highest BCUT2D eigenvalue weighted by molar-refractivity contribution is 5.87. The Morgan fingerprint density at radius 1 is 0.889 bits per heavy atom. The number of hydrogen-bond acceptors (Lipinski definition) is 1. The van der Waals surface area contributed by atoms with Crippen LogP contribution >= 0.6 is 0 Å². The van der Waals surface area contributed by atoms with Crippen molar-refractivity contribution in [2.75, 3.05) is 13.1 Å². The first-order valence-corrected chi connectivity index (χ1v) is 7.67. The van der Waals surface area contributed by atoms with Crippen LogP contribution in [0.15, 0.2) is 12.2 Å². The van der Waals surface area contributed by atoms with Gasteiger partial charge in [-0.3, -0.25) is 4.79 Å². The van der Waals surface area contributed by atoms with Gasteiger partial charge in [-0.25, -0.2) is 0 Å². The highest BCUT2D eigenvalue weighted by atomic mass is 16.2. The minimum atomic E-state index is 0.186. The monoisotopic (exact) mass is 253 g/mol. The molecule has 0 aromatic carbocycles. The van der Waals surface area contributed by atoms with E-state index in [9.17, 15) is 4.79 Å². The molecule has 0 atom stereocenters. The van der Waals surface area contributed by atoms with Crippen LogP contribution in [0.5, 0.6) is 0 Å². The van der Waals surface area contributed by atoms with Gasteiger partial charge in [-0.2, -0.15) is 0 Å². The fraction of sp³-hybridized carbons (Fsp3) is 0.812. The molecule has 0 aliphatic heterocycles. The van der Waals surface area contributed by atoms with Crippen LogP contribution in [0.4, 0.5) is 0 Å². The lowest BCUT2D eigenvalue weighted by atomic mass is 10.1. The average molecular weight is 253 g/mol. The normalized spacial score (nSPS) is 11.1. The Hall–Kier alpha value is -0.790. The van der Waals surface area contributed by atoms with Crippen LogP contribution in [0.1, 0.15) is 72.1 Å². The molecule has 0 fully saturated rings. The summed E-state index contributed by atoms with van der Waals surface area (Å²) in [6.07, 6.45) is 13.4. The smallest absolute Gasteiger partial charge is 0.246 e. The lowest BCUT2D eigenvalue weighted by molar-refractivity contribution is -0.126. The van der Waals surface area contributed by atoms with E-state index in [1.54, 1.807) is 6.08 Å². The summed E-state index contributed by atoms with van der Waals surface area (Å²) in [5.41, 5.74) is 0. The van der Waals surface area contributed by atoms with E-state index in [1.165, 1.54) is 38.5 Å². The van der Waals surface area contributed by atoms with Crippen molar-refractivity contribution in [3.8, 4) is 0 Å². The molecule has 0 saturated carbocycles. The van der Waals surface area contributed by atoms with Gasteiger partial charge in [0.2, 0.25) is 5.91 Å². The molecule has 0 aromatic rings. The molecule has 2 heteroatoms. The van der Waals surface area contributed by atoms with Gasteiger partial charge in [0, 0.05) is 13.1 Å². The lowest BCUT2D eigenvalue weighted by Crippen LogP contribution is -2.31. The Balaban J connectivity index is 3.96. The van der Waals surface area contributed by atoms with Gasteiger partial charge in [0.05, 0.1) is 0 Å². The summed E-state index contributed by atoms with van der Waals surface area (Å²) in [6, 6.07) is 0. The number of nitrogens with zero attached hydrogens (tertiary/aromatic N) is 1. The minimum absolute atomic E-state index is 0.186. The second-order valence-corrected chi connectivity index (χ2v) is 4.95. The Labute approximate surface area is 113 Å². The molecule has 0 saturated heterocycles. The maximum Gasteiger partial charge on any atom is 0.246 e. The first kappa shape index (κ1) is 17.2. The number of hydrogen-bond donors (Lipinski definition) is 0. The molecule has 1 amide bonds. The molecule has 106 valence electrons. The molecule has 0 rings (SSSR count). The topological polar surface area (TPSA) is 20.3 Å². The number of unbranched alkanes of at least 4 members (excludes halogenated alkanes) is 6. The quantitative estimate of drug-likeness (QED) is 0.391. The van der Waals surface area contributed by atoms with Gasteiger partial charge < -0.3 is 4.90 Å². The van der Waals surface area contributed by atoms with Gasteiger partial charge in [0.25, 0.3) is 0 Å². The Morgan fingerprint density at radius 2 is 1.39 bits per heavy atom. The largest absolute Gasteiger partial charge is 0.339 e. The summed E-state index contributed by atoms with van der Waals surface area (Å²) in [7, 11) is 0. The molecule has 0 aromatic heterocycles. The molecule has 2 nitrogen and oxygen atoms in total. The number of carbonyl (C=O) groups is 1. The predicted octanol–water partition coefficient (Wildman–Crippen LogP) is 4.55. The minimum Gasteiger partial charge on any atom is -0.339 e. The van der Waals surface area contributed by atoms with Crippen molar-refractivity contribution < 1.29 is 4.79 Å². The van der Waals surface area contributed by atoms with Crippen molar-refractivity contribution in [1.82, 2.24) is 4.90 Å². The summed E-state index contributed by atoms with van der Waals surface area (Å²) in [4.78, 5) is 13.9. The molecule has 0 radical (unpaired) electrons. The lowest BCUT2D eigenvalue weighted by Gasteiger charge is -2.21. The number of amides is 1. The van der Waals surface area contributed by atoms with Crippen molar-refractivity contribution in [1.29, 1.82) is 0 Å². The van der Waals surface area contributed by atoms with Crippen LogP contribution in [-0.4, -0.2) is 23.9 Å². The van der Waals surface area contributed by atoms with Gasteiger partial charge in [0.15, 0.2) is 0 Å². The maximum atomic E-state index is 11.9. The average Bonchev–Trinajstić information content (AvgIpc) is 2.37. The van der Waals surface area contributed by atoms with E-state index < -0.39 is 0 Å². The Kier molecular flexibility index (Phi) is 12.1. The molecule has 0 N–H and O–H groups in total. The highest BCUT2D eigenvalue weighted by Crippen LogP contribution is 2.06. The van der Waals surface area contributed by atoms with Gasteiger partial charge in [-0.15, -0.1) is 0 Å². The second kappa shape index (κ2) is 12.7. The van der Waals surface area contributed by atoms with Crippen LogP contribution in [-0.2, 0) is 4.79 Å². The van der Waals surface area contributed by atoms with E-state index in [2.05, 4.69) is 13.8 Å². The van der Waals surface area contributed by atoms with Gasteiger partial charge >= 0.3 is 0 Å². The Morgan fingerprint density at radius 3 is 1.78 bits per heavy atom. The van der Waals surface area contributed by atoms with Crippen LogP contribution in [0.2, 0.25) is 0 Å². The van der Waals surface area contributed by atoms with Crippen molar-refractivity contribution in [2.24, 2.45) is 0 Å². The number of allylic oxidation sites excluding steroid dienone is 1. The van der Waals surface area contributed by atoms with E-state index in [1.807, 2.05) is 17.9 Å². The molecule has 18 heavy (non-hydrogen) atoms. The van der Waals surface area contributed by atoms with Gasteiger partial charge in [-0.1, -0.05) is 58.4 Å². The van der Waals surface area contributed by atoms with Crippen LogP contribution in [0, 0.1) is 0 Å². The van der Waals surface area contributed by atoms with Crippen molar-refractivity contribution in [3.05, 3.63) is 12.2 Å². The standard InChI is InChI=1S/C16H31NO/c1-4-7-9-11-14-17(16(18)13-6-3)15-12-10-8-5-2/h6,13H,4-5,7-12,14-15H2,1-3H3. The zero-order valence-electron chi connectivity index (χ0n) is 12.6. The first-order valence-electron chi connectivity index (χ1n) is 7.67.